The normalized spacial score (nSPS) is 14.0. The molecule has 0 rings (SSSR count). The molecule has 0 aromatic rings. The molecule has 5 heteroatoms. The van der Waals surface area contributed by atoms with Gasteiger partial charge >= 0.3 is 0 Å². The Labute approximate surface area is 84.9 Å². The van der Waals surface area contributed by atoms with Crippen molar-refractivity contribution in [2.24, 2.45) is 0 Å². The Kier molecular flexibility index (Phi) is 5.68. The molecular formula is C9H20N2O3. The van der Waals surface area contributed by atoms with Crippen LogP contribution in [0, 0.1) is 0 Å². The molecule has 2 N–H and O–H groups in total. The van der Waals surface area contributed by atoms with E-state index in [4.69, 9.17) is 5.21 Å². The topological polar surface area (TPSA) is 72.4 Å². The minimum Gasteiger partial charge on any atom is -0.548 e. The Morgan fingerprint density at radius 3 is 2.36 bits per heavy atom. The summed E-state index contributed by atoms with van der Waals surface area (Å²) in [6.45, 7) is 0.991. The average Bonchev–Trinajstić information content (AvgIpc) is 2.01. The maximum atomic E-state index is 10.4. The van der Waals surface area contributed by atoms with Crippen LogP contribution < -0.4 is 10.6 Å². The molecule has 0 amide bonds. The third-order valence-corrected chi connectivity index (χ3v) is 2.01. The molecule has 0 unspecified atom stereocenters. The number of aliphatic carboxylic acids is 1. The monoisotopic (exact) mass is 204 g/mol. The lowest BCUT2D eigenvalue weighted by molar-refractivity contribution is -0.870. The van der Waals surface area contributed by atoms with Gasteiger partial charge in [0.1, 0.15) is 0 Å². The van der Waals surface area contributed by atoms with E-state index in [9.17, 15) is 9.90 Å². The van der Waals surface area contributed by atoms with E-state index in [2.05, 4.69) is 21.1 Å². The molecule has 0 saturated heterocycles. The van der Waals surface area contributed by atoms with Gasteiger partial charge in [0.2, 0.25) is 0 Å². The summed E-state index contributed by atoms with van der Waals surface area (Å²) < 4.78 is 0.864. The molecule has 14 heavy (non-hydrogen) atoms. The molecule has 0 aromatic heterocycles. The summed E-state index contributed by atoms with van der Waals surface area (Å²) in [6, 6.07) is -0.942. The molecule has 0 aromatic carbocycles. The highest BCUT2D eigenvalue weighted by atomic mass is 16.5. The summed E-state index contributed by atoms with van der Waals surface area (Å²) >= 11 is 0. The summed E-state index contributed by atoms with van der Waals surface area (Å²) in [6.07, 6.45) is 2.11. The number of nitrogens with zero attached hydrogens (tertiary/aromatic N) is 1. The fourth-order valence-electron chi connectivity index (χ4n) is 1.17. The lowest BCUT2D eigenvalue weighted by Gasteiger charge is -2.24. The number of nitrogens with one attached hydrogen (secondary N) is 1. The number of carbonyl (C=O) groups is 1. The van der Waals surface area contributed by atoms with E-state index < -0.39 is 12.0 Å². The van der Waals surface area contributed by atoms with Crippen LogP contribution in [0.25, 0.3) is 0 Å². The number of carbonyl (C=O) groups excluding carboxylic acids is 1. The van der Waals surface area contributed by atoms with Crippen molar-refractivity contribution in [1.82, 2.24) is 5.48 Å². The fraction of sp³-hybridized carbons (Fsp3) is 0.889. The van der Waals surface area contributed by atoms with Gasteiger partial charge in [-0.2, -0.15) is 5.48 Å². The van der Waals surface area contributed by atoms with E-state index in [1.165, 1.54) is 0 Å². The smallest absolute Gasteiger partial charge is 0.0780 e. The van der Waals surface area contributed by atoms with Crippen molar-refractivity contribution < 1.29 is 19.6 Å². The van der Waals surface area contributed by atoms with Crippen LogP contribution in [-0.2, 0) is 4.79 Å². The highest BCUT2D eigenvalue weighted by molar-refractivity contribution is 5.70. The maximum Gasteiger partial charge on any atom is 0.0780 e. The number of hydrogen-bond donors (Lipinski definition) is 2. The molecule has 5 nitrogen and oxygen atoms in total. The average molecular weight is 204 g/mol. The van der Waals surface area contributed by atoms with E-state index in [0.717, 1.165) is 23.9 Å². The third-order valence-electron chi connectivity index (χ3n) is 2.01. The van der Waals surface area contributed by atoms with Crippen LogP contribution in [0.5, 0.6) is 0 Å². The highest BCUT2D eigenvalue weighted by Crippen LogP contribution is 2.03. The van der Waals surface area contributed by atoms with Gasteiger partial charge in [0.15, 0.2) is 0 Å². The van der Waals surface area contributed by atoms with Crippen LogP contribution in [0.3, 0.4) is 0 Å². The van der Waals surface area contributed by atoms with Crippen LogP contribution in [0.1, 0.15) is 19.3 Å². The zero-order valence-electron chi connectivity index (χ0n) is 9.12. The van der Waals surface area contributed by atoms with Crippen LogP contribution in [-0.4, -0.2) is 49.4 Å². The SMILES string of the molecule is C[N+](C)(C)CCCC[C@H](NO)C(=O)[O-]. The molecule has 0 aliphatic heterocycles. The molecule has 0 radical (unpaired) electrons. The van der Waals surface area contributed by atoms with Gasteiger partial charge in [-0.1, -0.05) is 0 Å². The first-order chi connectivity index (χ1) is 6.37. The molecule has 84 valence electrons. The van der Waals surface area contributed by atoms with Crippen LogP contribution >= 0.6 is 0 Å². The molecule has 0 heterocycles. The zero-order valence-corrected chi connectivity index (χ0v) is 9.12. The molecule has 0 fully saturated rings. The number of rotatable bonds is 7. The van der Waals surface area contributed by atoms with Crippen LogP contribution in [0.15, 0.2) is 0 Å². The van der Waals surface area contributed by atoms with E-state index in [1.807, 2.05) is 0 Å². The number of unbranched alkanes of at least 4 members (excludes halogenated alkanes) is 1. The van der Waals surface area contributed by atoms with E-state index in [-0.39, 0.29) is 0 Å². The van der Waals surface area contributed by atoms with E-state index in [1.54, 1.807) is 5.48 Å². The predicted molar refractivity (Wildman–Crippen MR) is 50.5 cm³/mol. The van der Waals surface area contributed by atoms with E-state index >= 15 is 0 Å². The second kappa shape index (κ2) is 5.95. The van der Waals surface area contributed by atoms with Crippen molar-refractivity contribution >= 4 is 5.97 Å². The van der Waals surface area contributed by atoms with E-state index in [0.29, 0.717) is 6.42 Å². The number of carboxylic acid groups (broad SMARTS) is 1. The Morgan fingerprint density at radius 2 is 2.00 bits per heavy atom. The first kappa shape index (κ1) is 13.4. The first-order valence-corrected chi connectivity index (χ1v) is 4.78. The number of hydroxylamine groups is 1. The molecule has 0 spiro atoms. The second-order valence-corrected chi connectivity index (χ2v) is 4.51. The minimum atomic E-state index is -1.25. The third kappa shape index (κ3) is 6.82. The van der Waals surface area contributed by atoms with Crippen molar-refractivity contribution in [3.05, 3.63) is 0 Å². The Bertz CT molecular complexity index is 177. The first-order valence-electron chi connectivity index (χ1n) is 4.78. The molecule has 1 atom stereocenters. The molecule has 0 aliphatic rings. The van der Waals surface area contributed by atoms with Gasteiger partial charge in [0.05, 0.1) is 39.7 Å². The van der Waals surface area contributed by atoms with Gasteiger partial charge in [0.25, 0.3) is 0 Å². The Balaban J connectivity index is 3.58. The van der Waals surface area contributed by atoms with Crippen molar-refractivity contribution in [2.45, 2.75) is 25.3 Å². The second-order valence-electron chi connectivity index (χ2n) is 4.51. The zero-order chi connectivity index (χ0) is 11.2. The van der Waals surface area contributed by atoms with Gasteiger partial charge in [-0.3, -0.25) is 0 Å². The van der Waals surface area contributed by atoms with Crippen molar-refractivity contribution in [2.75, 3.05) is 27.7 Å². The van der Waals surface area contributed by atoms with Crippen molar-refractivity contribution in [3.63, 3.8) is 0 Å². The van der Waals surface area contributed by atoms with Gasteiger partial charge in [-0.15, -0.1) is 0 Å². The van der Waals surface area contributed by atoms with Crippen molar-refractivity contribution in [1.29, 1.82) is 0 Å². The molecular weight excluding hydrogens is 184 g/mol. The molecule has 0 aliphatic carbocycles. The Morgan fingerprint density at radius 1 is 1.43 bits per heavy atom. The highest BCUT2D eigenvalue weighted by Gasteiger charge is 2.10. The van der Waals surface area contributed by atoms with Crippen LogP contribution in [0.4, 0.5) is 0 Å². The standard InChI is InChI=1S/C9H20N2O3/c1-11(2,3)7-5-4-6-8(10-14)9(12)13/h8,10,14H,4-7H2,1-3H3/t8-/m0/s1. The predicted octanol–water partition coefficient (Wildman–Crippen LogP) is -1.04. The lowest BCUT2D eigenvalue weighted by atomic mass is 10.1. The van der Waals surface area contributed by atoms with Crippen LogP contribution in [0.2, 0.25) is 0 Å². The molecule has 0 saturated carbocycles. The quantitative estimate of drug-likeness (QED) is 0.316. The maximum absolute atomic E-state index is 10.4. The van der Waals surface area contributed by atoms with Gasteiger partial charge < -0.3 is 19.6 Å². The van der Waals surface area contributed by atoms with Gasteiger partial charge in [0, 0.05) is 0 Å². The Hall–Kier alpha value is -0.650. The summed E-state index contributed by atoms with van der Waals surface area (Å²) in [5.74, 6) is -1.25. The summed E-state index contributed by atoms with van der Waals surface area (Å²) in [7, 11) is 6.25. The van der Waals surface area contributed by atoms with Gasteiger partial charge in [-0.05, 0) is 19.3 Å². The summed E-state index contributed by atoms with van der Waals surface area (Å²) in [5, 5.41) is 18.9. The molecule has 0 bridgehead atoms. The summed E-state index contributed by atoms with van der Waals surface area (Å²) in [4.78, 5) is 10.4. The summed E-state index contributed by atoms with van der Waals surface area (Å²) in [5.41, 5.74) is 1.73. The lowest BCUT2D eigenvalue weighted by Crippen LogP contribution is -2.44. The number of hydrogen-bond acceptors (Lipinski definition) is 4. The fourth-order valence-corrected chi connectivity index (χ4v) is 1.17. The largest absolute Gasteiger partial charge is 0.548 e. The number of carboxylic acids is 1. The minimum absolute atomic E-state index is 0.402. The van der Waals surface area contributed by atoms with Crippen molar-refractivity contribution in [3.8, 4) is 0 Å². The van der Waals surface area contributed by atoms with Gasteiger partial charge in [-0.25, -0.2) is 0 Å². The number of quaternary nitrogens is 1.